The fourth-order valence-corrected chi connectivity index (χ4v) is 4.45. The highest BCUT2D eigenvalue weighted by molar-refractivity contribution is 8.00. The zero-order valence-electron chi connectivity index (χ0n) is 16.0. The van der Waals surface area contributed by atoms with Crippen molar-refractivity contribution in [3.8, 4) is 0 Å². The van der Waals surface area contributed by atoms with Gasteiger partial charge in [0, 0.05) is 27.7 Å². The first-order valence-electron chi connectivity index (χ1n) is 8.90. The summed E-state index contributed by atoms with van der Waals surface area (Å²) in [5, 5.41) is 6.85. The molecule has 1 aromatic heterocycles. The highest BCUT2D eigenvalue weighted by Gasteiger charge is 2.10. The van der Waals surface area contributed by atoms with Crippen molar-refractivity contribution in [2.24, 2.45) is 0 Å². The number of anilines is 2. The summed E-state index contributed by atoms with van der Waals surface area (Å²) in [6, 6.07) is 14.9. The minimum absolute atomic E-state index is 0.145. The molecule has 2 aromatic carbocycles. The van der Waals surface area contributed by atoms with Crippen LogP contribution >= 0.6 is 35.1 Å². The quantitative estimate of drug-likeness (QED) is 0.479. The number of rotatable bonds is 8. The molecule has 150 valence electrons. The maximum Gasteiger partial charge on any atom is 0.255 e. The Morgan fingerprint density at radius 2 is 1.90 bits per heavy atom. The van der Waals surface area contributed by atoms with Crippen LogP contribution in [0.2, 0.25) is 0 Å². The fourth-order valence-electron chi connectivity index (χ4n) is 2.41. The minimum Gasteiger partial charge on any atom is -0.322 e. The Bertz CT molecular complexity index is 1010. The number of nitrogens with zero attached hydrogens (tertiary/aromatic N) is 2. The Labute approximate surface area is 182 Å². The second-order valence-corrected chi connectivity index (χ2v) is 9.04. The van der Waals surface area contributed by atoms with Crippen molar-refractivity contribution in [1.82, 2.24) is 9.36 Å². The van der Waals surface area contributed by atoms with Gasteiger partial charge in [0.25, 0.3) is 5.91 Å². The average Bonchev–Trinajstić information content (AvgIpc) is 3.14. The molecular weight excluding hydrogens is 424 g/mol. The summed E-state index contributed by atoms with van der Waals surface area (Å²) in [4.78, 5) is 29.7. The molecule has 0 atom stereocenters. The molecule has 0 saturated carbocycles. The van der Waals surface area contributed by atoms with Gasteiger partial charge in [-0.1, -0.05) is 42.4 Å². The number of carbonyl (C=O) groups is 2. The van der Waals surface area contributed by atoms with Crippen molar-refractivity contribution in [1.29, 1.82) is 0 Å². The first-order chi connectivity index (χ1) is 14.0. The number of thioether (sulfide) groups is 2. The molecule has 0 radical (unpaired) electrons. The molecule has 2 amide bonds. The summed E-state index contributed by atoms with van der Waals surface area (Å²) in [5.74, 6) is 0.820. The molecule has 3 aromatic rings. The molecule has 29 heavy (non-hydrogen) atoms. The number of carbonyl (C=O) groups excluding carboxylic acids is 2. The molecule has 0 aliphatic heterocycles. The third-order valence-electron chi connectivity index (χ3n) is 3.67. The van der Waals surface area contributed by atoms with Crippen LogP contribution in [0.4, 0.5) is 10.8 Å². The van der Waals surface area contributed by atoms with Crippen LogP contribution in [0.15, 0.2) is 58.6 Å². The third kappa shape index (κ3) is 6.59. The van der Waals surface area contributed by atoms with Gasteiger partial charge < -0.3 is 5.32 Å². The van der Waals surface area contributed by atoms with Crippen molar-refractivity contribution in [2.75, 3.05) is 22.1 Å². The van der Waals surface area contributed by atoms with E-state index < -0.39 is 0 Å². The predicted molar refractivity (Wildman–Crippen MR) is 121 cm³/mol. The Morgan fingerprint density at radius 1 is 1.07 bits per heavy atom. The topological polar surface area (TPSA) is 84.0 Å². The lowest BCUT2D eigenvalue weighted by Gasteiger charge is -2.08. The standard InChI is InChI=1S/C20H20N4O2S3/c1-3-27-20-23-19(29-24-20)22-17(25)12-28-16-9-5-8-15(11-16)21-18(26)14-7-4-6-13(2)10-14/h4-11H,3,12H2,1-2H3,(H,21,26)(H,22,23,24,25). The maximum atomic E-state index is 12.4. The molecule has 0 bridgehead atoms. The largest absolute Gasteiger partial charge is 0.322 e. The Morgan fingerprint density at radius 3 is 2.69 bits per heavy atom. The summed E-state index contributed by atoms with van der Waals surface area (Å²) < 4.78 is 4.18. The zero-order valence-corrected chi connectivity index (χ0v) is 18.4. The molecule has 0 spiro atoms. The second kappa shape index (κ2) is 10.4. The van der Waals surface area contributed by atoms with Crippen molar-refractivity contribution in [3.63, 3.8) is 0 Å². The van der Waals surface area contributed by atoms with Gasteiger partial charge in [-0.3, -0.25) is 14.9 Å². The number of hydrogen-bond donors (Lipinski definition) is 2. The van der Waals surface area contributed by atoms with Gasteiger partial charge in [-0.15, -0.1) is 11.8 Å². The van der Waals surface area contributed by atoms with Crippen LogP contribution in [0.5, 0.6) is 0 Å². The van der Waals surface area contributed by atoms with Gasteiger partial charge in [-0.25, -0.2) is 0 Å². The fraction of sp³-hybridized carbons (Fsp3) is 0.200. The van der Waals surface area contributed by atoms with Crippen molar-refractivity contribution >= 4 is 57.7 Å². The van der Waals surface area contributed by atoms with Crippen LogP contribution in [0.1, 0.15) is 22.8 Å². The molecule has 0 aliphatic rings. The van der Waals surface area contributed by atoms with Crippen LogP contribution in [0.25, 0.3) is 0 Å². The monoisotopic (exact) mass is 444 g/mol. The van der Waals surface area contributed by atoms with E-state index in [0.29, 0.717) is 21.5 Å². The van der Waals surface area contributed by atoms with Gasteiger partial charge in [0.2, 0.25) is 16.2 Å². The predicted octanol–water partition coefficient (Wildman–Crippen LogP) is 4.94. The van der Waals surface area contributed by atoms with E-state index in [9.17, 15) is 9.59 Å². The van der Waals surface area contributed by atoms with E-state index in [2.05, 4.69) is 20.0 Å². The highest BCUT2D eigenvalue weighted by atomic mass is 32.2. The molecule has 0 unspecified atom stereocenters. The van der Waals surface area contributed by atoms with Gasteiger partial charge >= 0.3 is 0 Å². The molecule has 0 saturated heterocycles. The van der Waals surface area contributed by atoms with Crippen LogP contribution in [0.3, 0.4) is 0 Å². The molecule has 0 aliphatic carbocycles. The Balaban J connectivity index is 1.53. The molecular formula is C20H20N4O2S3. The molecule has 9 heteroatoms. The van der Waals surface area contributed by atoms with Crippen LogP contribution in [-0.4, -0.2) is 32.7 Å². The summed E-state index contributed by atoms with van der Waals surface area (Å²) in [6.45, 7) is 3.97. The molecule has 2 N–H and O–H groups in total. The van der Waals surface area contributed by atoms with Gasteiger partial charge in [-0.2, -0.15) is 9.36 Å². The van der Waals surface area contributed by atoms with E-state index in [1.807, 2.05) is 56.3 Å². The first-order valence-corrected chi connectivity index (χ1v) is 11.6. The molecule has 3 rings (SSSR count). The number of hydrogen-bond acceptors (Lipinski definition) is 7. The Kier molecular flexibility index (Phi) is 7.68. The Hall–Kier alpha value is -2.36. The van der Waals surface area contributed by atoms with Crippen LogP contribution in [0, 0.1) is 6.92 Å². The van der Waals surface area contributed by atoms with E-state index >= 15 is 0 Å². The van der Waals surface area contributed by atoms with Crippen LogP contribution in [-0.2, 0) is 4.79 Å². The molecule has 0 fully saturated rings. The number of nitrogens with one attached hydrogen (secondary N) is 2. The SMILES string of the molecule is CCSc1nsc(NC(=O)CSc2cccc(NC(=O)c3cccc(C)c3)c2)n1. The van der Waals surface area contributed by atoms with Crippen LogP contribution < -0.4 is 10.6 Å². The van der Waals surface area contributed by atoms with E-state index in [0.717, 1.165) is 16.2 Å². The summed E-state index contributed by atoms with van der Waals surface area (Å²) in [6.07, 6.45) is 0. The normalized spacial score (nSPS) is 10.6. The summed E-state index contributed by atoms with van der Waals surface area (Å²) in [7, 11) is 0. The number of aromatic nitrogens is 2. The van der Waals surface area contributed by atoms with E-state index in [1.165, 1.54) is 35.1 Å². The zero-order chi connectivity index (χ0) is 20.6. The lowest BCUT2D eigenvalue weighted by molar-refractivity contribution is -0.113. The lowest BCUT2D eigenvalue weighted by Crippen LogP contribution is -2.14. The first kappa shape index (κ1) is 21.4. The summed E-state index contributed by atoms with van der Waals surface area (Å²) >= 11 is 4.11. The van der Waals surface area contributed by atoms with E-state index in [4.69, 9.17) is 0 Å². The number of amides is 2. The lowest BCUT2D eigenvalue weighted by atomic mass is 10.1. The van der Waals surface area contributed by atoms with Crippen molar-refractivity contribution in [2.45, 2.75) is 23.9 Å². The minimum atomic E-state index is -0.161. The van der Waals surface area contributed by atoms with Gasteiger partial charge in [0.1, 0.15) is 0 Å². The number of benzene rings is 2. The molecule has 6 nitrogen and oxygen atoms in total. The highest BCUT2D eigenvalue weighted by Crippen LogP contribution is 2.23. The number of aryl methyl sites for hydroxylation is 1. The third-order valence-corrected chi connectivity index (χ3v) is 6.14. The van der Waals surface area contributed by atoms with Gasteiger partial charge in [0.05, 0.1) is 5.75 Å². The van der Waals surface area contributed by atoms with Crippen molar-refractivity contribution < 1.29 is 9.59 Å². The van der Waals surface area contributed by atoms with Crippen molar-refractivity contribution in [3.05, 3.63) is 59.7 Å². The molecule has 1 heterocycles. The van der Waals surface area contributed by atoms with E-state index in [-0.39, 0.29) is 17.6 Å². The summed E-state index contributed by atoms with van der Waals surface area (Å²) in [5.41, 5.74) is 2.33. The van der Waals surface area contributed by atoms with Gasteiger partial charge in [-0.05, 0) is 43.0 Å². The average molecular weight is 445 g/mol. The second-order valence-electron chi connectivity index (χ2n) is 6.00. The smallest absolute Gasteiger partial charge is 0.255 e. The van der Waals surface area contributed by atoms with Gasteiger partial charge in [0.15, 0.2) is 0 Å². The maximum absolute atomic E-state index is 12.4. The van der Waals surface area contributed by atoms with E-state index in [1.54, 1.807) is 6.07 Å².